The Hall–Kier alpha value is 0.896. The van der Waals surface area contributed by atoms with Crippen LogP contribution >= 0.6 is 0 Å². The fourth-order valence-corrected chi connectivity index (χ4v) is 0. The smallest absolute Gasteiger partial charge is 0.222 e. The van der Waals surface area contributed by atoms with E-state index in [1.54, 1.807) is 0 Å². The average molecular weight is 357 g/mol. The first-order valence-electron chi connectivity index (χ1n) is 1.85. The third-order valence-corrected chi connectivity index (χ3v) is 0. The van der Waals surface area contributed by atoms with Crippen LogP contribution in [0.5, 0.6) is 0 Å². The number of hydrogen-bond donors (Lipinski definition) is 0. The van der Waals surface area contributed by atoms with Crippen LogP contribution in [0.4, 0.5) is 0 Å². The second kappa shape index (κ2) is 9.88. The number of rotatable bonds is 0. The molecule has 16 heavy (non-hydrogen) atoms. The van der Waals surface area contributed by atoms with E-state index in [4.69, 9.17) is 55.9 Å². The van der Waals surface area contributed by atoms with Crippen LogP contribution < -0.4 is 55.9 Å². The van der Waals surface area contributed by atoms with Gasteiger partial charge in [0.05, 0.1) is 0 Å². The molecule has 0 spiro atoms. The van der Waals surface area contributed by atoms with Gasteiger partial charge in [-0.05, 0) is 0 Å². The quantitative estimate of drug-likeness (QED) is 0.390. The molecule has 0 aromatic rings. The molecule has 102 valence electrons. The fraction of sp³-hybridized carbons (Fsp3) is 0. The van der Waals surface area contributed by atoms with Gasteiger partial charge in [0.1, 0.15) is 0 Å². The summed E-state index contributed by atoms with van der Waals surface area (Å²) in [7, 11) is -14.8. The molecule has 0 N–H and O–H groups in total. The van der Waals surface area contributed by atoms with Gasteiger partial charge in [0.15, 0.2) is 0 Å². The summed E-state index contributed by atoms with van der Waals surface area (Å²) in [4.78, 5) is 0. The Balaban J connectivity index is -0.0000000655. The van der Waals surface area contributed by atoms with Crippen LogP contribution in [0.25, 0.3) is 0 Å². The summed E-state index contributed by atoms with van der Waals surface area (Å²) < 4.78 is 102. The van der Waals surface area contributed by atoms with Crippen molar-refractivity contribution < 1.29 is 103 Å². The first kappa shape index (κ1) is 25.7. The minimum atomic E-state index is -4.94. The molecular formula is Cl3CoO12. The molecule has 0 aliphatic carbocycles. The van der Waals surface area contributed by atoms with Crippen LogP contribution in [0.2, 0.25) is 0 Å². The van der Waals surface area contributed by atoms with Gasteiger partial charge in [0.2, 0.25) is 0 Å². The monoisotopic (exact) mass is 356 g/mol. The SMILES string of the molecule is [Co+3].[O-][Cl+3]([O-])([O-])[O-].[O-][Cl+3]([O-])([O-])[O-].[O-][Cl+3]([O-])([O-])[O-]. The predicted molar refractivity (Wildman–Crippen MR) is 0 cm³/mol. The minimum absolute atomic E-state index is 0. The zero-order chi connectivity index (χ0) is 13.5. The Morgan fingerprint density at radius 1 is 0.312 bits per heavy atom. The van der Waals surface area contributed by atoms with E-state index in [1.165, 1.54) is 0 Å². The van der Waals surface area contributed by atoms with Gasteiger partial charge in [0.25, 0.3) is 0 Å². The Morgan fingerprint density at radius 2 is 0.312 bits per heavy atom. The third-order valence-electron chi connectivity index (χ3n) is 0. The molecule has 0 saturated carbocycles. The van der Waals surface area contributed by atoms with Crippen LogP contribution in [-0.4, -0.2) is 0 Å². The van der Waals surface area contributed by atoms with Crippen molar-refractivity contribution in [3.8, 4) is 0 Å². The van der Waals surface area contributed by atoms with Crippen molar-refractivity contribution in [2.45, 2.75) is 0 Å². The van der Waals surface area contributed by atoms with E-state index in [2.05, 4.69) is 0 Å². The van der Waals surface area contributed by atoms with Gasteiger partial charge in [-0.3, -0.25) is 0 Å². The molecule has 0 aliphatic heterocycles. The summed E-state index contributed by atoms with van der Waals surface area (Å²) >= 11 is 0. The van der Waals surface area contributed by atoms with Crippen molar-refractivity contribution >= 4 is 0 Å². The molecule has 0 radical (unpaired) electrons. The molecule has 0 bridgehead atoms. The molecule has 0 saturated heterocycles. The first-order chi connectivity index (χ1) is 6.00. The third kappa shape index (κ3) is 3580. The number of hydrogen-bond acceptors (Lipinski definition) is 12. The molecule has 0 aromatic heterocycles. The van der Waals surface area contributed by atoms with Crippen LogP contribution in [0.1, 0.15) is 0 Å². The van der Waals surface area contributed by atoms with E-state index in [0.717, 1.165) is 0 Å². The summed E-state index contributed by atoms with van der Waals surface area (Å²) in [6.07, 6.45) is 0. The summed E-state index contributed by atoms with van der Waals surface area (Å²) in [6, 6.07) is 0. The van der Waals surface area contributed by atoms with Crippen LogP contribution in [-0.2, 0) is 16.8 Å². The largest absolute Gasteiger partial charge is 3.00 e. The first-order valence-corrected chi connectivity index (χ1v) is 5.55. The molecule has 0 rings (SSSR count). The predicted octanol–water partition coefficient (Wildman–Crippen LogP) is -14.3. The molecular weight excluding hydrogens is 357 g/mol. The summed E-state index contributed by atoms with van der Waals surface area (Å²) in [5.41, 5.74) is 0. The zero-order valence-corrected chi connectivity index (χ0v) is 9.68. The minimum Gasteiger partial charge on any atom is -0.222 e. The molecule has 12 nitrogen and oxygen atoms in total. The van der Waals surface area contributed by atoms with Crippen molar-refractivity contribution in [3.63, 3.8) is 0 Å². The van der Waals surface area contributed by atoms with Gasteiger partial charge < -0.3 is 0 Å². The molecule has 0 unspecified atom stereocenters. The molecule has 16 heteroatoms. The van der Waals surface area contributed by atoms with Crippen LogP contribution in [0.15, 0.2) is 0 Å². The van der Waals surface area contributed by atoms with E-state index >= 15 is 0 Å². The second-order valence-corrected chi connectivity index (χ2v) is 3.40. The van der Waals surface area contributed by atoms with E-state index in [1.807, 2.05) is 0 Å². The van der Waals surface area contributed by atoms with E-state index in [-0.39, 0.29) is 16.8 Å². The summed E-state index contributed by atoms with van der Waals surface area (Å²) in [5, 5.41) is 0. The standard InChI is InChI=1S/3ClHO4.Co/c3*2-1(3,4)5;/h3*(H,2,3,4,5);/q;;;+3/p-3. The van der Waals surface area contributed by atoms with Gasteiger partial charge in [0, 0.05) is 0 Å². The van der Waals surface area contributed by atoms with E-state index in [9.17, 15) is 0 Å². The zero-order valence-electron chi connectivity index (χ0n) is 6.37. The topological polar surface area (TPSA) is 277 Å². The van der Waals surface area contributed by atoms with Gasteiger partial charge in [-0.1, -0.05) is 0 Å². The second-order valence-electron chi connectivity index (χ2n) is 1.13. The van der Waals surface area contributed by atoms with Crippen molar-refractivity contribution in [2.75, 3.05) is 0 Å². The van der Waals surface area contributed by atoms with Crippen LogP contribution in [0, 0.1) is 30.7 Å². The Labute approximate surface area is 104 Å². The van der Waals surface area contributed by atoms with Crippen LogP contribution in [0.3, 0.4) is 0 Å². The van der Waals surface area contributed by atoms with Crippen molar-refractivity contribution in [1.82, 2.24) is 0 Å². The molecule has 0 atom stereocenters. The molecule has 0 aromatic carbocycles. The van der Waals surface area contributed by atoms with Crippen molar-refractivity contribution in [1.29, 1.82) is 0 Å². The molecule has 0 amide bonds. The summed E-state index contributed by atoms with van der Waals surface area (Å²) in [5.74, 6) is 0. The van der Waals surface area contributed by atoms with Crippen molar-refractivity contribution in [3.05, 3.63) is 0 Å². The van der Waals surface area contributed by atoms with Gasteiger partial charge in [-0.2, -0.15) is 0 Å². The molecule has 0 heterocycles. The van der Waals surface area contributed by atoms with E-state index < -0.39 is 30.7 Å². The fourth-order valence-electron chi connectivity index (χ4n) is 0. The average Bonchev–Trinajstić information content (AvgIpc) is 1.41. The maximum Gasteiger partial charge on any atom is 3.00 e. The summed E-state index contributed by atoms with van der Waals surface area (Å²) in [6.45, 7) is 0. The Morgan fingerprint density at radius 3 is 0.312 bits per heavy atom. The maximum atomic E-state index is 8.49. The number of halogens is 3. The molecule has 0 fully saturated rings. The Kier molecular flexibility index (Phi) is 15.9. The molecule has 0 aliphatic rings. The van der Waals surface area contributed by atoms with Gasteiger partial charge in [-0.25, -0.2) is 55.9 Å². The van der Waals surface area contributed by atoms with Gasteiger partial charge >= 0.3 is 16.8 Å². The van der Waals surface area contributed by atoms with E-state index in [0.29, 0.717) is 0 Å². The normalized spacial score (nSPS) is 11.2. The Bertz CT molecular complexity index is 91.3. The maximum absolute atomic E-state index is 8.49. The van der Waals surface area contributed by atoms with Crippen molar-refractivity contribution in [2.24, 2.45) is 0 Å². The van der Waals surface area contributed by atoms with Gasteiger partial charge in [-0.15, -0.1) is 30.7 Å².